The number of nitrogens with zero attached hydrogens (tertiary/aromatic N) is 2. The van der Waals surface area contributed by atoms with E-state index in [-0.39, 0.29) is 16.8 Å². The number of carbonyl (C=O) groups excluding carboxylic acids is 1. The molecular formula is C14H21N3O3S. The molecule has 6 nitrogen and oxygen atoms in total. The SMILES string of the molecule is NS(=O)(=O)c1cc(C(=O)N2CCCCC2)n(C2CCC2)c1. The normalized spacial score (nSPS) is 20.3. The number of primary sulfonamides is 1. The Hall–Kier alpha value is -1.34. The summed E-state index contributed by atoms with van der Waals surface area (Å²) in [6.45, 7) is 1.50. The number of aromatic nitrogens is 1. The van der Waals surface area contributed by atoms with Gasteiger partial charge in [0.05, 0.1) is 0 Å². The van der Waals surface area contributed by atoms with Gasteiger partial charge in [0, 0.05) is 25.3 Å². The summed E-state index contributed by atoms with van der Waals surface area (Å²) in [5.41, 5.74) is 0.464. The Kier molecular flexibility index (Phi) is 3.79. The van der Waals surface area contributed by atoms with Gasteiger partial charge < -0.3 is 9.47 Å². The van der Waals surface area contributed by atoms with Crippen molar-refractivity contribution < 1.29 is 13.2 Å². The van der Waals surface area contributed by atoms with Crippen LogP contribution in [-0.2, 0) is 10.0 Å². The van der Waals surface area contributed by atoms with E-state index >= 15 is 0 Å². The van der Waals surface area contributed by atoms with Gasteiger partial charge in [0.1, 0.15) is 10.6 Å². The summed E-state index contributed by atoms with van der Waals surface area (Å²) < 4.78 is 25.0. The minimum absolute atomic E-state index is 0.0368. The van der Waals surface area contributed by atoms with Gasteiger partial charge in [-0.25, -0.2) is 13.6 Å². The van der Waals surface area contributed by atoms with Crippen LogP contribution in [0, 0.1) is 0 Å². The summed E-state index contributed by atoms with van der Waals surface area (Å²) in [5.74, 6) is -0.0727. The summed E-state index contributed by atoms with van der Waals surface area (Å²) in [6.07, 6.45) is 7.78. The lowest BCUT2D eigenvalue weighted by Gasteiger charge is -2.31. The molecule has 1 aromatic heterocycles. The smallest absolute Gasteiger partial charge is 0.270 e. The molecule has 7 heteroatoms. The van der Waals surface area contributed by atoms with E-state index in [1.54, 1.807) is 0 Å². The van der Waals surface area contributed by atoms with E-state index in [1.807, 2.05) is 9.47 Å². The van der Waals surface area contributed by atoms with Crippen LogP contribution in [0.25, 0.3) is 0 Å². The zero-order chi connectivity index (χ0) is 15.0. The van der Waals surface area contributed by atoms with Crippen LogP contribution < -0.4 is 5.14 Å². The molecule has 0 spiro atoms. The molecule has 0 unspecified atom stereocenters. The van der Waals surface area contributed by atoms with Crippen molar-refractivity contribution in [3.05, 3.63) is 18.0 Å². The van der Waals surface area contributed by atoms with Crippen molar-refractivity contribution >= 4 is 15.9 Å². The zero-order valence-electron chi connectivity index (χ0n) is 12.0. The molecule has 1 aliphatic heterocycles. The Morgan fingerprint density at radius 1 is 1.14 bits per heavy atom. The van der Waals surface area contributed by atoms with Crippen LogP contribution in [0.15, 0.2) is 17.2 Å². The standard InChI is InChI=1S/C14H21N3O3S/c15-21(19,20)12-9-13(17(10-12)11-5-4-6-11)14(18)16-7-2-1-3-8-16/h9-11H,1-8H2,(H2,15,19,20). The highest BCUT2D eigenvalue weighted by Crippen LogP contribution is 2.34. The highest BCUT2D eigenvalue weighted by Gasteiger charge is 2.29. The molecule has 1 saturated heterocycles. The molecule has 1 amide bonds. The van der Waals surface area contributed by atoms with E-state index in [2.05, 4.69) is 0 Å². The molecule has 3 rings (SSSR count). The van der Waals surface area contributed by atoms with Gasteiger partial charge in [0.15, 0.2) is 0 Å². The molecule has 0 radical (unpaired) electrons. The minimum atomic E-state index is -3.78. The Balaban J connectivity index is 1.95. The molecule has 1 saturated carbocycles. The Labute approximate surface area is 125 Å². The van der Waals surface area contributed by atoms with Crippen molar-refractivity contribution in [2.75, 3.05) is 13.1 Å². The molecule has 0 aromatic carbocycles. The van der Waals surface area contributed by atoms with Crippen LogP contribution in [0.1, 0.15) is 55.1 Å². The van der Waals surface area contributed by atoms with Crippen molar-refractivity contribution in [1.82, 2.24) is 9.47 Å². The lowest BCUT2D eigenvalue weighted by atomic mass is 9.93. The van der Waals surface area contributed by atoms with E-state index in [1.165, 1.54) is 12.3 Å². The maximum Gasteiger partial charge on any atom is 0.270 e. The minimum Gasteiger partial charge on any atom is -0.339 e. The van der Waals surface area contributed by atoms with Crippen LogP contribution in [0.3, 0.4) is 0 Å². The molecule has 2 N–H and O–H groups in total. The van der Waals surface area contributed by atoms with Gasteiger partial charge in [0.25, 0.3) is 5.91 Å². The summed E-state index contributed by atoms with van der Waals surface area (Å²) in [7, 11) is -3.78. The third-order valence-electron chi connectivity index (χ3n) is 4.48. The Bertz CT molecular complexity index is 640. The first-order valence-electron chi connectivity index (χ1n) is 7.51. The average Bonchev–Trinajstić information content (AvgIpc) is 2.81. The van der Waals surface area contributed by atoms with Crippen molar-refractivity contribution in [1.29, 1.82) is 0 Å². The average molecular weight is 311 g/mol. The molecule has 1 aromatic rings. The monoisotopic (exact) mass is 311 g/mol. The number of rotatable bonds is 3. The van der Waals surface area contributed by atoms with Crippen molar-refractivity contribution in [3.63, 3.8) is 0 Å². The maximum atomic E-state index is 12.7. The third kappa shape index (κ3) is 2.85. The third-order valence-corrected chi connectivity index (χ3v) is 5.36. The zero-order valence-corrected chi connectivity index (χ0v) is 12.8. The van der Waals surface area contributed by atoms with Crippen molar-refractivity contribution in [2.24, 2.45) is 5.14 Å². The fourth-order valence-corrected chi connectivity index (χ4v) is 3.54. The van der Waals surface area contributed by atoms with Crippen LogP contribution in [0.2, 0.25) is 0 Å². The van der Waals surface area contributed by atoms with Crippen LogP contribution in [-0.4, -0.2) is 36.9 Å². The molecule has 1 aliphatic carbocycles. The van der Waals surface area contributed by atoms with Gasteiger partial charge in [-0.1, -0.05) is 0 Å². The second-order valence-corrected chi connectivity index (χ2v) is 7.51. The van der Waals surface area contributed by atoms with Gasteiger partial charge >= 0.3 is 0 Å². The number of likely N-dealkylation sites (tertiary alicyclic amines) is 1. The number of amides is 1. The highest BCUT2D eigenvalue weighted by molar-refractivity contribution is 7.89. The molecule has 2 aliphatic rings. The molecular weight excluding hydrogens is 290 g/mol. The van der Waals surface area contributed by atoms with Gasteiger partial charge in [0.2, 0.25) is 10.0 Å². The number of nitrogens with two attached hydrogens (primary N) is 1. The van der Waals surface area contributed by atoms with Crippen LogP contribution in [0.4, 0.5) is 0 Å². The summed E-state index contributed by atoms with van der Waals surface area (Å²) in [6, 6.07) is 1.66. The Morgan fingerprint density at radius 2 is 1.81 bits per heavy atom. The van der Waals surface area contributed by atoms with E-state index in [0.717, 1.165) is 51.6 Å². The topological polar surface area (TPSA) is 85.4 Å². The number of piperidine rings is 1. The fraction of sp³-hybridized carbons (Fsp3) is 0.643. The second-order valence-electron chi connectivity index (χ2n) is 5.95. The van der Waals surface area contributed by atoms with E-state index in [4.69, 9.17) is 5.14 Å². The number of sulfonamides is 1. The van der Waals surface area contributed by atoms with Gasteiger partial charge in [-0.3, -0.25) is 4.79 Å². The predicted molar refractivity (Wildman–Crippen MR) is 78.4 cm³/mol. The fourth-order valence-electron chi connectivity index (χ4n) is 3.01. The number of hydrogen-bond acceptors (Lipinski definition) is 3. The molecule has 2 fully saturated rings. The lowest BCUT2D eigenvalue weighted by molar-refractivity contribution is 0.0707. The quantitative estimate of drug-likeness (QED) is 0.917. The molecule has 0 bridgehead atoms. The summed E-state index contributed by atoms with van der Waals surface area (Å²) in [5, 5.41) is 5.21. The molecule has 21 heavy (non-hydrogen) atoms. The van der Waals surface area contributed by atoms with E-state index in [9.17, 15) is 13.2 Å². The van der Waals surface area contributed by atoms with Gasteiger partial charge in [-0.15, -0.1) is 0 Å². The predicted octanol–water partition coefficient (Wildman–Crippen LogP) is 1.49. The Morgan fingerprint density at radius 3 is 2.33 bits per heavy atom. The van der Waals surface area contributed by atoms with Crippen LogP contribution in [0.5, 0.6) is 0 Å². The molecule has 2 heterocycles. The second kappa shape index (κ2) is 5.46. The van der Waals surface area contributed by atoms with Crippen LogP contribution >= 0.6 is 0 Å². The van der Waals surface area contributed by atoms with Gasteiger partial charge in [-0.05, 0) is 44.6 Å². The highest BCUT2D eigenvalue weighted by atomic mass is 32.2. The van der Waals surface area contributed by atoms with E-state index in [0.29, 0.717) is 5.69 Å². The largest absolute Gasteiger partial charge is 0.339 e. The van der Waals surface area contributed by atoms with Crippen molar-refractivity contribution in [2.45, 2.75) is 49.5 Å². The first-order chi connectivity index (χ1) is 9.97. The van der Waals surface area contributed by atoms with E-state index < -0.39 is 10.0 Å². The number of carbonyl (C=O) groups is 1. The number of hydrogen-bond donors (Lipinski definition) is 1. The molecule has 116 valence electrons. The molecule has 0 atom stereocenters. The summed E-state index contributed by atoms with van der Waals surface area (Å²) >= 11 is 0. The summed E-state index contributed by atoms with van der Waals surface area (Å²) in [4.78, 5) is 14.5. The van der Waals surface area contributed by atoms with Gasteiger partial charge in [-0.2, -0.15) is 0 Å². The first kappa shape index (κ1) is 14.6. The first-order valence-corrected chi connectivity index (χ1v) is 9.05. The van der Waals surface area contributed by atoms with Crippen molar-refractivity contribution in [3.8, 4) is 0 Å². The maximum absolute atomic E-state index is 12.7. The lowest BCUT2D eigenvalue weighted by Crippen LogP contribution is -2.37.